The Kier molecular flexibility index (Phi) is 3.93. The summed E-state index contributed by atoms with van der Waals surface area (Å²) in [4.78, 5) is 10.7. The quantitative estimate of drug-likeness (QED) is 0.852. The highest BCUT2D eigenvalue weighted by molar-refractivity contribution is 5.69. The molecule has 0 aromatic heterocycles. The molecule has 1 N–H and O–H groups in total. The van der Waals surface area contributed by atoms with E-state index in [1.54, 1.807) is 6.92 Å². The Hall–Kier alpha value is -1.51. The first-order valence-electron chi connectivity index (χ1n) is 5.35. The Bertz CT molecular complexity index is 373. The molecule has 1 aromatic carbocycles. The van der Waals surface area contributed by atoms with Gasteiger partial charge in [-0.15, -0.1) is 0 Å². The minimum atomic E-state index is -0.831. The highest BCUT2D eigenvalue weighted by atomic mass is 16.5. The zero-order chi connectivity index (χ0) is 12.3. The van der Waals surface area contributed by atoms with Gasteiger partial charge in [0.2, 0.25) is 0 Å². The summed E-state index contributed by atoms with van der Waals surface area (Å²) in [5, 5.41) is 8.76. The van der Waals surface area contributed by atoms with Crippen molar-refractivity contribution in [2.24, 2.45) is 5.92 Å². The molecule has 0 aliphatic carbocycles. The van der Waals surface area contributed by atoms with Gasteiger partial charge < -0.3 is 9.84 Å². The van der Waals surface area contributed by atoms with Crippen molar-refractivity contribution < 1.29 is 14.6 Å². The third-order valence-electron chi connectivity index (χ3n) is 2.50. The molecular formula is C13H18O3. The Morgan fingerprint density at radius 2 is 1.81 bits per heavy atom. The van der Waals surface area contributed by atoms with Crippen molar-refractivity contribution in [3.8, 4) is 5.75 Å². The van der Waals surface area contributed by atoms with Crippen LogP contribution in [0.15, 0.2) is 12.1 Å². The first kappa shape index (κ1) is 12.6. The summed E-state index contributed by atoms with van der Waals surface area (Å²) < 4.78 is 5.56. The van der Waals surface area contributed by atoms with Crippen LogP contribution in [0, 0.1) is 26.7 Å². The van der Waals surface area contributed by atoms with E-state index in [1.165, 1.54) is 5.56 Å². The molecule has 0 aliphatic heterocycles. The molecule has 3 nitrogen and oxygen atoms in total. The molecule has 88 valence electrons. The number of aliphatic carboxylic acids is 1. The monoisotopic (exact) mass is 222 g/mol. The van der Waals surface area contributed by atoms with E-state index in [4.69, 9.17) is 9.84 Å². The second-order valence-electron chi connectivity index (χ2n) is 4.28. The van der Waals surface area contributed by atoms with E-state index >= 15 is 0 Å². The largest absolute Gasteiger partial charge is 0.492 e. The lowest BCUT2D eigenvalue weighted by atomic mass is 10.1. The predicted molar refractivity (Wildman–Crippen MR) is 62.9 cm³/mol. The van der Waals surface area contributed by atoms with Gasteiger partial charge in [0, 0.05) is 0 Å². The van der Waals surface area contributed by atoms with Gasteiger partial charge in [-0.25, -0.2) is 0 Å². The van der Waals surface area contributed by atoms with Crippen LogP contribution in [-0.2, 0) is 4.79 Å². The van der Waals surface area contributed by atoms with E-state index in [1.807, 2.05) is 32.9 Å². The van der Waals surface area contributed by atoms with Crippen molar-refractivity contribution >= 4 is 5.97 Å². The van der Waals surface area contributed by atoms with E-state index < -0.39 is 11.9 Å². The summed E-state index contributed by atoms with van der Waals surface area (Å²) in [6.07, 6.45) is 0. The van der Waals surface area contributed by atoms with Crippen molar-refractivity contribution in [1.29, 1.82) is 0 Å². The van der Waals surface area contributed by atoms with Gasteiger partial charge in [-0.1, -0.05) is 17.7 Å². The number of carboxylic acids is 1. The first-order chi connectivity index (χ1) is 7.41. The fourth-order valence-corrected chi connectivity index (χ4v) is 1.67. The molecule has 0 aliphatic rings. The van der Waals surface area contributed by atoms with Crippen LogP contribution in [0.25, 0.3) is 0 Å². The maximum absolute atomic E-state index is 10.7. The van der Waals surface area contributed by atoms with E-state index in [2.05, 4.69) is 0 Å². The van der Waals surface area contributed by atoms with Crippen LogP contribution in [0.4, 0.5) is 0 Å². The lowest BCUT2D eigenvalue weighted by Crippen LogP contribution is -2.18. The molecule has 3 heteroatoms. The molecule has 0 bridgehead atoms. The van der Waals surface area contributed by atoms with E-state index in [0.29, 0.717) is 0 Å². The fraction of sp³-hybridized carbons (Fsp3) is 0.462. The number of ether oxygens (including phenoxy) is 1. The van der Waals surface area contributed by atoms with Crippen molar-refractivity contribution in [2.75, 3.05) is 6.61 Å². The summed E-state index contributed by atoms with van der Waals surface area (Å²) in [5.74, 6) is -0.513. The molecule has 16 heavy (non-hydrogen) atoms. The van der Waals surface area contributed by atoms with Gasteiger partial charge in [-0.05, 0) is 38.8 Å². The van der Waals surface area contributed by atoms with E-state index in [-0.39, 0.29) is 6.61 Å². The second kappa shape index (κ2) is 5.01. The normalized spacial score (nSPS) is 12.2. The summed E-state index contributed by atoms with van der Waals surface area (Å²) in [5.41, 5.74) is 3.29. The third kappa shape index (κ3) is 2.99. The van der Waals surface area contributed by atoms with Crippen molar-refractivity contribution in [3.05, 3.63) is 28.8 Å². The van der Waals surface area contributed by atoms with Crippen LogP contribution in [0.5, 0.6) is 5.75 Å². The highest BCUT2D eigenvalue weighted by Crippen LogP contribution is 2.24. The molecular weight excluding hydrogens is 204 g/mol. The molecule has 0 spiro atoms. The molecule has 1 unspecified atom stereocenters. The van der Waals surface area contributed by atoms with Crippen LogP contribution in [0.1, 0.15) is 23.6 Å². The maximum Gasteiger partial charge on any atom is 0.309 e. The summed E-state index contributed by atoms with van der Waals surface area (Å²) >= 11 is 0. The van der Waals surface area contributed by atoms with Crippen LogP contribution in [0.2, 0.25) is 0 Å². The lowest BCUT2D eigenvalue weighted by Gasteiger charge is -2.14. The average molecular weight is 222 g/mol. The summed E-state index contributed by atoms with van der Waals surface area (Å²) in [7, 11) is 0. The molecule has 0 amide bonds. The van der Waals surface area contributed by atoms with Crippen LogP contribution >= 0.6 is 0 Å². The second-order valence-corrected chi connectivity index (χ2v) is 4.28. The molecule has 0 saturated carbocycles. The number of benzene rings is 1. The zero-order valence-electron chi connectivity index (χ0n) is 10.2. The van der Waals surface area contributed by atoms with Gasteiger partial charge in [0.15, 0.2) is 0 Å². The highest BCUT2D eigenvalue weighted by Gasteiger charge is 2.13. The number of carbonyl (C=O) groups is 1. The van der Waals surface area contributed by atoms with Crippen molar-refractivity contribution in [1.82, 2.24) is 0 Å². The molecule has 1 aromatic rings. The topological polar surface area (TPSA) is 46.5 Å². The Morgan fingerprint density at radius 3 is 2.25 bits per heavy atom. The smallest absolute Gasteiger partial charge is 0.309 e. The molecule has 0 saturated heterocycles. The molecule has 1 rings (SSSR count). The number of carboxylic acid groups (broad SMARTS) is 1. The van der Waals surface area contributed by atoms with E-state index in [0.717, 1.165) is 16.9 Å². The van der Waals surface area contributed by atoms with Crippen molar-refractivity contribution in [2.45, 2.75) is 27.7 Å². The Labute approximate surface area is 96.1 Å². The van der Waals surface area contributed by atoms with Gasteiger partial charge in [0.05, 0.1) is 5.92 Å². The number of hydrogen-bond donors (Lipinski definition) is 1. The minimum absolute atomic E-state index is 0.208. The lowest BCUT2D eigenvalue weighted by molar-refractivity contribution is -0.142. The minimum Gasteiger partial charge on any atom is -0.492 e. The zero-order valence-corrected chi connectivity index (χ0v) is 10.2. The Morgan fingerprint density at radius 1 is 1.31 bits per heavy atom. The molecule has 1 atom stereocenters. The first-order valence-corrected chi connectivity index (χ1v) is 5.35. The average Bonchev–Trinajstić information content (AvgIpc) is 2.15. The van der Waals surface area contributed by atoms with Gasteiger partial charge in [0.1, 0.15) is 12.4 Å². The Balaban J connectivity index is 2.78. The van der Waals surface area contributed by atoms with Crippen molar-refractivity contribution in [3.63, 3.8) is 0 Å². The maximum atomic E-state index is 10.7. The van der Waals surface area contributed by atoms with Gasteiger partial charge in [-0.2, -0.15) is 0 Å². The molecule has 0 radical (unpaired) electrons. The predicted octanol–water partition coefficient (Wildman–Crippen LogP) is 2.71. The summed E-state index contributed by atoms with van der Waals surface area (Å²) in [6, 6.07) is 4.07. The third-order valence-corrected chi connectivity index (χ3v) is 2.50. The number of rotatable bonds is 4. The fourth-order valence-electron chi connectivity index (χ4n) is 1.67. The number of aryl methyl sites for hydroxylation is 3. The van der Waals surface area contributed by atoms with Gasteiger partial charge in [-0.3, -0.25) is 4.79 Å². The van der Waals surface area contributed by atoms with Crippen LogP contribution in [0.3, 0.4) is 0 Å². The van der Waals surface area contributed by atoms with Gasteiger partial charge in [0.25, 0.3) is 0 Å². The molecule has 0 fully saturated rings. The molecule has 0 heterocycles. The standard InChI is InChI=1S/C13H18O3/c1-8-5-9(2)12(10(3)6-8)16-7-11(4)13(14)15/h5-6,11H,7H2,1-4H3,(H,14,15). The summed E-state index contributed by atoms with van der Waals surface area (Å²) in [6.45, 7) is 7.83. The van der Waals surface area contributed by atoms with Gasteiger partial charge >= 0.3 is 5.97 Å². The number of hydrogen-bond acceptors (Lipinski definition) is 2. The SMILES string of the molecule is Cc1cc(C)c(OCC(C)C(=O)O)c(C)c1. The van der Waals surface area contributed by atoms with E-state index in [9.17, 15) is 4.79 Å². The van der Waals surface area contributed by atoms with Crippen LogP contribution < -0.4 is 4.74 Å². The van der Waals surface area contributed by atoms with Crippen LogP contribution in [-0.4, -0.2) is 17.7 Å².